The van der Waals surface area contributed by atoms with Gasteiger partial charge in [-0.2, -0.15) is 0 Å². The predicted octanol–water partition coefficient (Wildman–Crippen LogP) is 1.62. The first-order valence-electron chi connectivity index (χ1n) is 6.29. The molecule has 20 heavy (non-hydrogen) atoms. The second-order valence-electron chi connectivity index (χ2n) is 5.26. The lowest BCUT2D eigenvalue weighted by Gasteiger charge is -2.13. The van der Waals surface area contributed by atoms with Gasteiger partial charge in [-0.15, -0.1) is 5.10 Å². The molecule has 1 aromatic heterocycles. The van der Waals surface area contributed by atoms with Crippen LogP contribution in [-0.2, 0) is 18.5 Å². The number of nitrogens with two attached hydrogens (primary N) is 1. The number of nitro groups is 1. The van der Waals surface area contributed by atoms with Crippen molar-refractivity contribution in [1.29, 1.82) is 0 Å². The largest absolute Gasteiger partial charge is 0.320 e. The van der Waals surface area contributed by atoms with Gasteiger partial charge in [0.05, 0.1) is 16.7 Å². The van der Waals surface area contributed by atoms with E-state index in [1.54, 1.807) is 16.8 Å². The Morgan fingerprint density at radius 1 is 1.35 bits per heavy atom. The van der Waals surface area contributed by atoms with Crippen molar-refractivity contribution in [2.75, 3.05) is 0 Å². The minimum Gasteiger partial charge on any atom is -0.320 e. The summed E-state index contributed by atoms with van der Waals surface area (Å²) in [5, 5.41) is 18.6. The van der Waals surface area contributed by atoms with E-state index in [2.05, 4.69) is 10.3 Å². The number of nitrogens with zero attached hydrogens (tertiary/aromatic N) is 4. The number of aryl methyl sites for hydroxylation is 2. The van der Waals surface area contributed by atoms with Gasteiger partial charge in [0.25, 0.3) is 5.69 Å². The fourth-order valence-electron chi connectivity index (χ4n) is 1.73. The Hall–Kier alpha value is -2.28. The van der Waals surface area contributed by atoms with Gasteiger partial charge in [0.1, 0.15) is 5.69 Å². The second-order valence-corrected chi connectivity index (χ2v) is 5.26. The minimum absolute atomic E-state index is 0.0988. The molecule has 1 heterocycles. The van der Waals surface area contributed by atoms with Crippen LogP contribution >= 0.6 is 0 Å². The van der Waals surface area contributed by atoms with Gasteiger partial charge < -0.3 is 5.73 Å². The van der Waals surface area contributed by atoms with E-state index in [4.69, 9.17) is 5.73 Å². The first-order valence-corrected chi connectivity index (χ1v) is 6.29. The average molecular weight is 275 g/mol. The zero-order valence-electron chi connectivity index (χ0n) is 11.5. The van der Waals surface area contributed by atoms with Crippen molar-refractivity contribution in [1.82, 2.24) is 15.0 Å². The topological polar surface area (TPSA) is 99.9 Å². The summed E-state index contributed by atoms with van der Waals surface area (Å²) in [5.41, 5.74) is 7.28. The van der Waals surface area contributed by atoms with Crippen LogP contribution in [0, 0.1) is 10.1 Å². The third-order valence-electron chi connectivity index (χ3n) is 2.98. The Morgan fingerprint density at radius 3 is 2.50 bits per heavy atom. The molecule has 106 valence electrons. The Balaban J connectivity index is 1.98. The first-order chi connectivity index (χ1) is 9.36. The van der Waals surface area contributed by atoms with Crippen molar-refractivity contribution in [2.24, 2.45) is 5.73 Å². The van der Waals surface area contributed by atoms with Gasteiger partial charge >= 0.3 is 0 Å². The van der Waals surface area contributed by atoms with Crippen molar-refractivity contribution >= 4 is 5.69 Å². The maximum absolute atomic E-state index is 10.6. The first kappa shape index (κ1) is 14.1. The van der Waals surface area contributed by atoms with E-state index in [0.717, 1.165) is 17.7 Å². The van der Waals surface area contributed by atoms with Crippen LogP contribution in [0.1, 0.15) is 25.1 Å². The Kier molecular flexibility index (Phi) is 3.80. The van der Waals surface area contributed by atoms with Crippen LogP contribution < -0.4 is 5.73 Å². The molecule has 0 aliphatic rings. The lowest BCUT2D eigenvalue weighted by molar-refractivity contribution is -0.384. The smallest absolute Gasteiger partial charge is 0.269 e. The lowest BCUT2D eigenvalue weighted by Crippen LogP contribution is -2.29. The van der Waals surface area contributed by atoms with Gasteiger partial charge in [0.15, 0.2) is 0 Å². The summed E-state index contributed by atoms with van der Waals surface area (Å²) in [6.07, 6.45) is 2.55. The SMILES string of the molecule is CC(C)(N)c1cn(CCc2ccc([N+](=O)[O-])cc2)nn1. The molecule has 0 radical (unpaired) electrons. The van der Waals surface area contributed by atoms with Gasteiger partial charge in [-0.25, -0.2) is 0 Å². The molecule has 7 nitrogen and oxygen atoms in total. The van der Waals surface area contributed by atoms with Crippen molar-refractivity contribution in [2.45, 2.75) is 32.4 Å². The monoisotopic (exact) mass is 275 g/mol. The van der Waals surface area contributed by atoms with Crippen LogP contribution in [-0.4, -0.2) is 19.9 Å². The van der Waals surface area contributed by atoms with Gasteiger partial charge in [-0.05, 0) is 25.8 Å². The zero-order chi connectivity index (χ0) is 14.8. The molecular formula is C13H17N5O2. The van der Waals surface area contributed by atoms with E-state index >= 15 is 0 Å². The van der Waals surface area contributed by atoms with Crippen LogP contribution in [0.2, 0.25) is 0 Å². The molecule has 0 unspecified atom stereocenters. The number of non-ortho nitro benzene ring substituents is 1. The molecule has 0 fully saturated rings. The molecule has 2 rings (SSSR count). The summed E-state index contributed by atoms with van der Waals surface area (Å²) in [6, 6.07) is 6.52. The fraction of sp³-hybridized carbons (Fsp3) is 0.385. The third kappa shape index (κ3) is 3.39. The Bertz CT molecular complexity index is 598. The molecule has 0 saturated heterocycles. The number of benzene rings is 1. The average Bonchev–Trinajstić information content (AvgIpc) is 2.85. The molecule has 0 amide bonds. The van der Waals surface area contributed by atoms with Crippen LogP contribution in [0.4, 0.5) is 5.69 Å². The Morgan fingerprint density at radius 2 is 2.00 bits per heavy atom. The normalized spacial score (nSPS) is 11.6. The van der Waals surface area contributed by atoms with Crippen molar-refractivity contribution in [3.8, 4) is 0 Å². The molecule has 0 saturated carbocycles. The Labute approximate surface area is 116 Å². The fourth-order valence-corrected chi connectivity index (χ4v) is 1.73. The molecule has 0 aliphatic carbocycles. The summed E-state index contributed by atoms with van der Waals surface area (Å²) >= 11 is 0. The van der Waals surface area contributed by atoms with Crippen LogP contribution in [0.25, 0.3) is 0 Å². The molecule has 0 aliphatic heterocycles. The van der Waals surface area contributed by atoms with E-state index < -0.39 is 10.5 Å². The molecule has 2 N–H and O–H groups in total. The number of hydrogen-bond donors (Lipinski definition) is 1. The van der Waals surface area contributed by atoms with Gasteiger partial charge in [-0.3, -0.25) is 14.8 Å². The van der Waals surface area contributed by atoms with Crippen LogP contribution in [0.15, 0.2) is 30.5 Å². The summed E-state index contributed by atoms with van der Waals surface area (Å²) in [7, 11) is 0. The molecule has 2 aromatic rings. The van der Waals surface area contributed by atoms with E-state index in [1.807, 2.05) is 20.0 Å². The van der Waals surface area contributed by atoms with Crippen molar-refractivity contribution in [3.63, 3.8) is 0 Å². The third-order valence-corrected chi connectivity index (χ3v) is 2.98. The maximum Gasteiger partial charge on any atom is 0.269 e. The minimum atomic E-state index is -0.508. The number of nitro benzene ring substituents is 1. The summed E-state index contributed by atoms with van der Waals surface area (Å²) in [6.45, 7) is 4.40. The van der Waals surface area contributed by atoms with Crippen LogP contribution in [0.5, 0.6) is 0 Å². The molecule has 0 bridgehead atoms. The second kappa shape index (κ2) is 5.38. The van der Waals surface area contributed by atoms with Gasteiger partial charge in [-0.1, -0.05) is 17.3 Å². The highest BCUT2D eigenvalue weighted by Gasteiger charge is 2.18. The maximum atomic E-state index is 10.6. The summed E-state index contributed by atoms with van der Waals surface area (Å²) in [5.74, 6) is 0. The standard InChI is InChI=1S/C13H17N5O2/c1-13(2,14)12-9-17(16-15-12)8-7-10-3-5-11(6-4-10)18(19)20/h3-6,9H,7-8,14H2,1-2H3. The number of rotatable bonds is 5. The van der Waals surface area contributed by atoms with E-state index in [9.17, 15) is 10.1 Å². The van der Waals surface area contributed by atoms with Gasteiger partial charge in [0, 0.05) is 18.7 Å². The quantitative estimate of drug-likeness (QED) is 0.660. The highest BCUT2D eigenvalue weighted by Crippen LogP contribution is 2.14. The number of hydrogen-bond acceptors (Lipinski definition) is 5. The molecule has 0 atom stereocenters. The lowest BCUT2D eigenvalue weighted by atomic mass is 10.0. The van der Waals surface area contributed by atoms with Crippen molar-refractivity contribution < 1.29 is 4.92 Å². The molecule has 7 heteroatoms. The van der Waals surface area contributed by atoms with E-state index in [0.29, 0.717) is 6.54 Å². The zero-order valence-corrected chi connectivity index (χ0v) is 11.5. The number of aromatic nitrogens is 3. The highest BCUT2D eigenvalue weighted by molar-refractivity contribution is 5.32. The molecule has 1 aromatic carbocycles. The predicted molar refractivity (Wildman–Crippen MR) is 74.0 cm³/mol. The molecule has 0 spiro atoms. The van der Waals surface area contributed by atoms with Gasteiger partial charge in [0.2, 0.25) is 0 Å². The highest BCUT2D eigenvalue weighted by atomic mass is 16.6. The summed E-state index contributed by atoms with van der Waals surface area (Å²) < 4.78 is 1.73. The van der Waals surface area contributed by atoms with Crippen molar-refractivity contribution in [3.05, 3.63) is 51.8 Å². The molecular weight excluding hydrogens is 258 g/mol. The van der Waals surface area contributed by atoms with E-state index in [-0.39, 0.29) is 5.69 Å². The van der Waals surface area contributed by atoms with Crippen LogP contribution in [0.3, 0.4) is 0 Å². The summed E-state index contributed by atoms with van der Waals surface area (Å²) in [4.78, 5) is 10.2. The van der Waals surface area contributed by atoms with E-state index in [1.165, 1.54) is 12.1 Å².